The first kappa shape index (κ1) is 16.0. The van der Waals surface area contributed by atoms with Crippen LogP contribution in [-0.4, -0.2) is 18.3 Å². The average Bonchev–Trinajstić information content (AvgIpc) is 2.50. The van der Waals surface area contributed by atoms with Crippen LogP contribution in [0.1, 0.15) is 18.1 Å². The first-order valence-electron chi connectivity index (χ1n) is 7.09. The van der Waals surface area contributed by atoms with Gasteiger partial charge in [0.05, 0.1) is 4.47 Å². The molecule has 0 amide bonds. The molecule has 0 spiro atoms. The second-order valence-electron chi connectivity index (χ2n) is 4.76. The summed E-state index contributed by atoms with van der Waals surface area (Å²) < 4.78 is 6.81. The lowest BCUT2D eigenvalue weighted by Gasteiger charge is -2.10. The van der Waals surface area contributed by atoms with E-state index in [-0.39, 0.29) is 6.61 Å². The quantitative estimate of drug-likeness (QED) is 0.796. The second-order valence-corrected chi connectivity index (χ2v) is 5.62. The number of nitrogens with one attached hydrogen (secondary N) is 1. The van der Waals surface area contributed by atoms with E-state index >= 15 is 0 Å². The van der Waals surface area contributed by atoms with Gasteiger partial charge in [-0.15, -0.1) is 0 Å². The van der Waals surface area contributed by atoms with Crippen molar-refractivity contribution in [2.45, 2.75) is 19.9 Å². The van der Waals surface area contributed by atoms with Gasteiger partial charge in [0, 0.05) is 13.2 Å². The van der Waals surface area contributed by atoms with Crippen LogP contribution in [-0.2, 0) is 13.0 Å². The first-order valence-corrected chi connectivity index (χ1v) is 7.89. The number of rotatable bonds is 7. The van der Waals surface area contributed by atoms with Crippen molar-refractivity contribution in [2.75, 3.05) is 13.2 Å². The summed E-state index contributed by atoms with van der Waals surface area (Å²) in [6.45, 7) is 4.06. The van der Waals surface area contributed by atoms with Gasteiger partial charge in [0.25, 0.3) is 0 Å². The minimum atomic E-state index is 0.166. The van der Waals surface area contributed by atoms with Crippen molar-refractivity contribution in [3.8, 4) is 11.5 Å². The Morgan fingerprint density at radius 1 is 1.10 bits per heavy atom. The number of aliphatic hydroxyl groups excluding tert-OH is 1. The number of hydrogen-bond donors (Lipinski definition) is 2. The lowest BCUT2D eigenvalue weighted by Crippen LogP contribution is -2.11. The van der Waals surface area contributed by atoms with E-state index < -0.39 is 0 Å². The van der Waals surface area contributed by atoms with Gasteiger partial charge in [-0.05, 0) is 64.3 Å². The molecule has 3 nitrogen and oxygen atoms in total. The molecule has 0 atom stereocenters. The van der Waals surface area contributed by atoms with E-state index in [0.29, 0.717) is 6.42 Å². The van der Waals surface area contributed by atoms with E-state index in [1.165, 1.54) is 5.56 Å². The number of halogens is 1. The lowest BCUT2D eigenvalue weighted by atomic mass is 10.1. The van der Waals surface area contributed by atoms with Crippen molar-refractivity contribution in [1.82, 2.24) is 5.32 Å². The molecule has 2 aromatic carbocycles. The Hall–Kier alpha value is -1.36. The summed E-state index contributed by atoms with van der Waals surface area (Å²) in [6.07, 6.45) is 0.670. The summed E-state index contributed by atoms with van der Waals surface area (Å²) in [5, 5.41) is 12.2. The molecule has 112 valence electrons. The molecule has 0 saturated carbocycles. The smallest absolute Gasteiger partial charge is 0.141 e. The molecule has 0 aromatic heterocycles. The highest BCUT2D eigenvalue weighted by atomic mass is 79.9. The van der Waals surface area contributed by atoms with Gasteiger partial charge in [-0.25, -0.2) is 0 Å². The van der Waals surface area contributed by atoms with Crippen LogP contribution in [0, 0.1) is 0 Å². The molecule has 0 bridgehead atoms. The van der Waals surface area contributed by atoms with E-state index in [9.17, 15) is 0 Å². The van der Waals surface area contributed by atoms with Crippen molar-refractivity contribution in [3.05, 3.63) is 58.1 Å². The molecule has 0 unspecified atom stereocenters. The molecular formula is C17H20BrNO2. The second kappa shape index (κ2) is 8.17. The van der Waals surface area contributed by atoms with E-state index in [0.717, 1.165) is 34.6 Å². The first-order chi connectivity index (χ1) is 10.2. The number of hydrogen-bond acceptors (Lipinski definition) is 3. The van der Waals surface area contributed by atoms with E-state index in [1.807, 2.05) is 30.3 Å². The normalized spacial score (nSPS) is 10.6. The molecule has 0 saturated heterocycles. The minimum Gasteiger partial charge on any atom is -0.456 e. The number of benzene rings is 2. The van der Waals surface area contributed by atoms with Gasteiger partial charge in [0.2, 0.25) is 0 Å². The van der Waals surface area contributed by atoms with Gasteiger partial charge in [0.15, 0.2) is 0 Å². The Balaban J connectivity index is 2.05. The summed E-state index contributed by atoms with van der Waals surface area (Å²) in [7, 11) is 0. The fourth-order valence-electron chi connectivity index (χ4n) is 1.99. The van der Waals surface area contributed by atoms with Crippen LogP contribution in [0.3, 0.4) is 0 Å². The molecular weight excluding hydrogens is 330 g/mol. The zero-order valence-electron chi connectivity index (χ0n) is 12.1. The molecule has 0 aliphatic heterocycles. The van der Waals surface area contributed by atoms with E-state index in [2.05, 4.69) is 40.3 Å². The molecule has 0 radical (unpaired) electrons. The van der Waals surface area contributed by atoms with Gasteiger partial charge >= 0.3 is 0 Å². The van der Waals surface area contributed by atoms with Gasteiger partial charge in [0.1, 0.15) is 11.5 Å². The van der Waals surface area contributed by atoms with Crippen molar-refractivity contribution >= 4 is 15.9 Å². The van der Waals surface area contributed by atoms with Gasteiger partial charge in [-0.2, -0.15) is 0 Å². The Labute approximate surface area is 134 Å². The van der Waals surface area contributed by atoms with Crippen molar-refractivity contribution in [1.29, 1.82) is 0 Å². The molecule has 2 aromatic rings. The van der Waals surface area contributed by atoms with Crippen LogP contribution >= 0.6 is 15.9 Å². The molecule has 2 rings (SSSR count). The van der Waals surface area contributed by atoms with Crippen molar-refractivity contribution in [2.24, 2.45) is 0 Å². The third-order valence-corrected chi connectivity index (χ3v) is 3.75. The molecule has 0 heterocycles. The fourth-order valence-corrected chi connectivity index (χ4v) is 2.49. The predicted molar refractivity (Wildman–Crippen MR) is 88.8 cm³/mol. The van der Waals surface area contributed by atoms with Crippen LogP contribution in [0.25, 0.3) is 0 Å². The fraction of sp³-hybridized carbons (Fsp3) is 0.294. The zero-order valence-corrected chi connectivity index (χ0v) is 13.7. The van der Waals surface area contributed by atoms with Crippen LogP contribution in [0.2, 0.25) is 0 Å². The highest BCUT2D eigenvalue weighted by molar-refractivity contribution is 9.10. The van der Waals surface area contributed by atoms with Crippen LogP contribution < -0.4 is 10.1 Å². The van der Waals surface area contributed by atoms with Crippen molar-refractivity contribution in [3.63, 3.8) is 0 Å². The van der Waals surface area contributed by atoms with Gasteiger partial charge in [-0.1, -0.05) is 25.1 Å². The maximum Gasteiger partial charge on any atom is 0.141 e. The summed E-state index contributed by atoms with van der Waals surface area (Å²) in [6, 6.07) is 13.9. The molecule has 2 N–H and O–H groups in total. The Kier molecular flexibility index (Phi) is 6.23. The lowest BCUT2D eigenvalue weighted by molar-refractivity contribution is 0.299. The Morgan fingerprint density at radius 2 is 1.81 bits per heavy atom. The van der Waals surface area contributed by atoms with Crippen LogP contribution in [0.4, 0.5) is 0 Å². The summed E-state index contributed by atoms with van der Waals surface area (Å²) in [5.41, 5.74) is 2.32. The molecule has 0 aliphatic carbocycles. The third kappa shape index (κ3) is 4.84. The predicted octanol–water partition coefficient (Wildman–Crippen LogP) is 3.89. The molecule has 0 aliphatic rings. The van der Waals surface area contributed by atoms with Crippen LogP contribution in [0.15, 0.2) is 46.9 Å². The standard InChI is InChI=1S/C17H20BrNO2/c1-2-19-12-14-5-8-17(16(18)11-14)21-15-6-3-13(4-7-15)9-10-20/h3-8,11,19-20H,2,9-10,12H2,1H3. The maximum absolute atomic E-state index is 8.91. The average molecular weight is 350 g/mol. The third-order valence-electron chi connectivity index (χ3n) is 3.13. The SMILES string of the molecule is CCNCc1ccc(Oc2ccc(CCO)cc2)c(Br)c1. The zero-order chi connectivity index (χ0) is 15.1. The Bertz CT molecular complexity index is 570. The summed E-state index contributed by atoms with van der Waals surface area (Å²) >= 11 is 3.55. The molecule has 0 fully saturated rings. The number of aliphatic hydroxyl groups is 1. The largest absolute Gasteiger partial charge is 0.456 e. The van der Waals surface area contributed by atoms with Gasteiger partial charge in [-0.3, -0.25) is 0 Å². The topological polar surface area (TPSA) is 41.5 Å². The van der Waals surface area contributed by atoms with E-state index in [1.54, 1.807) is 0 Å². The van der Waals surface area contributed by atoms with Gasteiger partial charge < -0.3 is 15.2 Å². The highest BCUT2D eigenvalue weighted by Gasteiger charge is 2.04. The van der Waals surface area contributed by atoms with E-state index in [4.69, 9.17) is 9.84 Å². The summed E-state index contributed by atoms with van der Waals surface area (Å²) in [4.78, 5) is 0. The number of ether oxygens (including phenoxy) is 1. The Morgan fingerprint density at radius 3 is 2.43 bits per heavy atom. The van der Waals surface area contributed by atoms with Crippen molar-refractivity contribution < 1.29 is 9.84 Å². The highest BCUT2D eigenvalue weighted by Crippen LogP contribution is 2.30. The molecule has 21 heavy (non-hydrogen) atoms. The monoisotopic (exact) mass is 349 g/mol. The molecule has 4 heteroatoms. The van der Waals surface area contributed by atoms with Crippen LogP contribution in [0.5, 0.6) is 11.5 Å². The summed E-state index contributed by atoms with van der Waals surface area (Å²) in [5.74, 6) is 1.59. The minimum absolute atomic E-state index is 0.166. The maximum atomic E-state index is 8.91.